The van der Waals surface area contributed by atoms with Crippen LogP contribution in [0.1, 0.15) is 27.0 Å². The summed E-state index contributed by atoms with van der Waals surface area (Å²) >= 11 is 0. The molecule has 0 saturated carbocycles. The molecule has 5 nitrogen and oxygen atoms in total. The first-order chi connectivity index (χ1) is 12.1. The van der Waals surface area contributed by atoms with Gasteiger partial charge in [0.25, 0.3) is 0 Å². The van der Waals surface area contributed by atoms with Crippen LogP contribution in [-0.2, 0) is 6.54 Å². The third kappa shape index (κ3) is 4.09. The Labute approximate surface area is 146 Å². The Kier molecular flexibility index (Phi) is 4.85. The van der Waals surface area contributed by atoms with E-state index in [4.69, 9.17) is 11.1 Å². The SMILES string of the molecule is N=C(N)c1ccc(CNc2cc(C(=O)c3ccccc3)ccn2)cc1. The van der Waals surface area contributed by atoms with E-state index in [1.54, 1.807) is 30.5 Å². The monoisotopic (exact) mass is 330 g/mol. The Hall–Kier alpha value is -3.47. The van der Waals surface area contributed by atoms with E-state index in [0.29, 0.717) is 29.1 Å². The predicted molar refractivity (Wildman–Crippen MR) is 98.9 cm³/mol. The smallest absolute Gasteiger partial charge is 0.193 e. The highest BCUT2D eigenvalue weighted by molar-refractivity contribution is 6.09. The molecule has 1 heterocycles. The molecule has 2 aromatic carbocycles. The number of rotatable bonds is 6. The Balaban J connectivity index is 1.69. The molecule has 0 unspecified atom stereocenters. The molecule has 3 aromatic rings. The van der Waals surface area contributed by atoms with Crippen LogP contribution in [0.4, 0.5) is 5.82 Å². The molecule has 0 saturated heterocycles. The Morgan fingerprint density at radius 2 is 1.68 bits per heavy atom. The second kappa shape index (κ2) is 7.40. The van der Waals surface area contributed by atoms with Gasteiger partial charge in [-0.05, 0) is 17.7 Å². The van der Waals surface area contributed by atoms with E-state index in [9.17, 15) is 4.79 Å². The highest BCUT2D eigenvalue weighted by atomic mass is 16.1. The summed E-state index contributed by atoms with van der Waals surface area (Å²) < 4.78 is 0. The molecule has 124 valence electrons. The van der Waals surface area contributed by atoms with Crippen LogP contribution in [0.15, 0.2) is 72.9 Å². The van der Waals surface area contributed by atoms with E-state index < -0.39 is 0 Å². The molecule has 1 aromatic heterocycles. The molecular weight excluding hydrogens is 312 g/mol. The van der Waals surface area contributed by atoms with Crippen molar-refractivity contribution in [2.24, 2.45) is 5.73 Å². The van der Waals surface area contributed by atoms with Gasteiger partial charge in [0.05, 0.1) is 0 Å². The van der Waals surface area contributed by atoms with Crippen molar-refractivity contribution in [3.8, 4) is 0 Å². The van der Waals surface area contributed by atoms with Crippen molar-refractivity contribution < 1.29 is 4.79 Å². The number of benzene rings is 2. The van der Waals surface area contributed by atoms with Crippen LogP contribution in [0.25, 0.3) is 0 Å². The molecule has 5 heteroatoms. The van der Waals surface area contributed by atoms with Gasteiger partial charge in [0, 0.05) is 29.4 Å². The van der Waals surface area contributed by atoms with Gasteiger partial charge < -0.3 is 11.1 Å². The summed E-state index contributed by atoms with van der Waals surface area (Å²) in [6, 6.07) is 20.1. The van der Waals surface area contributed by atoms with Crippen molar-refractivity contribution in [3.05, 3.63) is 95.2 Å². The maximum Gasteiger partial charge on any atom is 0.193 e. The molecule has 0 aliphatic rings. The van der Waals surface area contributed by atoms with E-state index in [-0.39, 0.29) is 11.6 Å². The zero-order valence-corrected chi connectivity index (χ0v) is 13.6. The Bertz CT molecular complexity index is 889. The van der Waals surface area contributed by atoms with Crippen molar-refractivity contribution in [3.63, 3.8) is 0 Å². The lowest BCUT2D eigenvalue weighted by Crippen LogP contribution is -2.11. The summed E-state index contributed by atoms with van der Waals surface area (Å²) in [5.41, 5.74) is 8.42. The number of amidine groups is 1. The van der Waals surface area contributed by atoms with Gasteiger partial charge in [-0.2, -0.15) is 0 Å². The number of nitrogens with zero attached hydrogens (tertiary/aromatic N) is 1. The summed E-state index contributed by atoms with van der Waals surface area (Å²) in [5.74, 6) is 0.655. The lowest BCUT2D eigenvalue weighted by Gasteiger charge is -2.08. The third-order valence-corrected chi connectivity index (χ3v) is 3.80. The second-order valence-corrected chi connectivity index (χ2v) is 5.59. The number of nitrogen functional groups attached to an aromatic ring is 1. The standard InChI is InChI=1S/C20H18N4O/c21-20(22)16-8-6-14(7-9-16)13-24-18-12-17(10-11-23-18)19(25)15-4-2-1-3-5-15/h1-12H,13H2,(H3,21,22)(H,23,24). The fourth-order valence-electron chi connectivity index (χ4n) is 2.42. The highest BCUT2D eigenvalue weighted by Gasteiger charge is 2.09. The number of hydrogen-bond donors (Lipinski definition) is 3. The minimum Gasteiger partial charge on any atom is -0.384 e. The van der Waals surface area contributed by atoms with Gasteiger partial charge in [0.2, 0.25) is 0 Å². The largest absolute Gasteiger partial charge is 0.384 e. The lowest BCUT2D eigenvalue weighted by molar-refractivity contribution is 0.103. The number of nitrogens with one attached hydrogen (secondary N) is 2. The first kappa shape index (κ1) is 16.4. The molecule has 0 atom stereocenters. The average Bonchev–Trinajstić information content (AvgIpc) is 2.67. The van der Waals surface area contributed by atoms with Gasteiger partial charge >= 0.3 is 0 Å². The van der Waals surface area contributed by atoms with Crippen LogP contribution in [0.5, 0.6) is 0 Å². The highest BCUT2D eigenvalue weighted by Crippen LogP contribution is 2.14. The number of ketones is 1. The van der Waals surface area contributed by atoms with Crippen LogP contribution < -0.4 is 11.1 Å². The van der Waals surface area contributed by atoms with E-state index in [0.717, 1.165) is 5.56 Å². The van der Waals surface area contributed by atoms with Crippen LogP contribution >= 0.6 is 0 Å². The van der Waals surface area contributed by atoms with Crippen molar-refractivity contribution >= 4 is 17.4 Å². The summed E-state index contributed by atoms with van der Waals surface area (Å²) in [6.07, 6.45) is 1.62. The molecule has 0 radical (unpaired) electrons. The molecule has 0 aliphatic carbocycles. The van der Waals surface area contributed by atoms with E-state index in [1.165, 1.54) is 0 Å². The normalized spacial score (nSPS) is 10.2. The number of carbonyl (C=O) groups excluding carboxylic acids is 1. The van der Waals surface area contributed by atoms with Gasteiger partial charge in [0.1, 0.15) is 11.7 Å². The van der Waals surface area contributed by atoms with Crippen molar-refractivity contribution in [1.29, 1.82) is 5.41 Å². The van der Waals surface area contributed by atoms with Crippen LogP contribution in [0.2, 0.25) is 0 Å². The second-order valence-electron chi connectivity index (χ2n) is 5.59. The molecule has 0 aliphatic heterocycles. The minimum atomic E-state index is -0.0307. The fraction of sp³-hybridized carbons (Fsp3) is 0.0500. The predicted octanol–water partition coefficient (Wildman–Crippen LogP) is 3.21. The quantitative estimate of drug-likeness (QED) is 0.368. The van der Waals surface area contributed by atoms with Gasteiger partial charge in [-0.1, -0.05) is 54.6 Å². The number of hydrogen-bond acceptors (Lipinski definition) is 4. The molecule has 0 amide bonds. The zero-order valence-electron chi connectivity index (χ0n) is 13.6. The van der Waals surface area contributed by atoms with Gasteiger partial charge in [-0.25, -0.2) is 4.98 Å². The minimum absolute atomic E-state index is 0.0307. The van der Waals surface area contributed by atoms with Crippen LogP contribution in [0, 0.1) is 5.41 Å². The molecule has 0 fully saturated rings. The third-order valence-electron chi connectivity index (χ3n) is 3.80. The molecule has 0 spiro atoms. The number of pyridine rings is 1. The first-order valence-electron chi connectivity index (χ1n) is 7.86. The maximum absolute atomic E-state index is 12.5. The molecule has 0 bridgehead atoms. The molecule has 4 N–H and O–H groups in total. The van der Waals surface area contributed by atoms with E-state index in [2.05, 4.69) is 10.3 Å². The summed E-state index contributed by atoms with van der Waals surface area (Å²) in [6.45, 7) is 0.564. The number of nitrogens with two attached hydrogens (primary N) is 1. The van der Waals surface area contributed by atoms with Gasteiger partial charge in [0.15, 0.2) is 5.78 Å². The van der Waals surface area contributed by atoms with E-state index >= 15 is 0 Å². The number of aromatic nitrogens is 1. The molecule has 25 heavy (non-hydrogen) atoms. The summed E-state index contributed by atoms with van der Waals surface area (Å²) in [4.78, 5) is 16.7. The number of anilines is 1. The van der Waals surface area contributed by atoms with Crippen molar-refractivity contribution in [2.75, 3.05) is 5.32 Å². The summed E-state index contributed by atoms with van der Waals surface area (Å²) in [7, 11) is 0. The lowest BCUT2D eigenvalue weighted by atomic mass is 10.0. The van der Waals surface area contributed by atoms with E-state index in [1.807, 2.05) is 42.5 Å². The molecular formula is C20H18N4O. The fourth-order valence-corrected chi connectivity index (χ4v) is 2.42. The number of carbonyl (C=O) groups is 1. The van der Waals surface area contributed by atoms with Gasteiger partial charge in [-0.3, -0.25) is 10.2 Å². The van der Waals surface area contributed by atoms with Crippen molar-refractivity contribution in [1.82, 2.24) is 4.98 Å². The zero-order chi connectivity index (χ0) is 17.6. The van der Waals surface area contributed by atoms with Crippen LogP contribution in [0.3, 0.4) is 0 Å². The van der Waals surface area contributed by atoms with Gasteiger partial charge in [-0.15, -0.1) is 0 Å². The maximum atomic E-state index is 12.5. The average molecular weight is 330 g/mol. The first-order valence-corrected chi connectivity index (χ1v) is 7.86. The van der Waals surface area contributed by atoms with Crippen LogP contribution in [-0.4, -0.2) is 16.6 Å². The molecule has 3 rings (SSSR count). The summed E-state index contributed by atoms with van der Waals surface area (Å²) in [5, 5.41) is 10.6. The van der Waals surface area contributed by atoms with Crippen molar-refractivity contribution in [2.45, 2.75) is 6.54 Å². The Morgan fingerprint density at radius 1 is 0.960 bits per heavy atom. The Morgan fingerprint density at radius 3 is 2.36 bits per heavy atom. The topological polar surface area (TPSA) is 91.9 Å².